The van der Waals surface area contributed by atoms with Crippen LogP contribution in [-0.4, -0.2) is 4.57 Å². The molecule has 0 radical (unpaired) electrons. The van der Waals surface area contributed by atoms with Crippen LogP contribution in [0.25, 0.3) is 0 Å². The lowest BCUT2D eigenvalue weighted by atomic mass is 10.1. The van der Waals surface area contributed by atoms with E-state index in [0.29, 0.717) is 0 Å². The van der Waals surface area contributed by atoms with Crippen molar-refractivity contribution < 1.29 is 13.2 Å². The van der Waals surface area contributed by atoms with E-state index < -0.39 is 11.7 Å². The predicted molar refractivity (Wildman–Crippen MR) is 47.6 cm³/mol. The Hall–Kier alpha value is -0.960. The minimum atomic E-state index is -4.49. The third-order valence-electron chi connectivity index (χ3n) is 2.01. The maximum Gasteiger partial charge on any atom is 0.419 e. The molecule has 1 rings (SSSR count). The molecule has 0 saturated carbocycles. The summed E-state index contributed by atoms with van der Waals surface area (Å²) in [4.78, 5) is 0. The molecule has 0 unspecified atom stereocenters. The Balaban J connectivity index is 3.60. The number of hydrogen-bond donors (Lipinski definition) is 0. The van der Waals surface area contributed by atoms with Gasteiger partial charge in [0, 0.05) is 12.7 Å². The van der Waals surface area contributed by atoms with E-state index in [1.54, 1.807) is 6.07 Å². The van der Waals surface area contributed by atoms with Crippen molar-refractivity contribution in [1.29, 1.82) is 5.26 Å². The van der Waals surface area contributed by atoms with Gasteiger partial charge in [0.1, 0.15) is 10.7 Å². The van der Waals surface area contributed by atoms with Crippen LogP contribution in [0, 0.1) is 18.3 Å². The van der Waals surface area contributed by atoms with E-state index >= 15 is 0 Å². The van der Waals surface area contributed by atoms with Crippen molar-refractivity contribution in [3.8, 4) is 6.07 Å². The molecule has 0 spiro atoms. The van der Waals surface area contributed by atoms with Crippen LogP contribution in [0.4, 0.5) is 13.2 Å². The second-order valence-electron chi connectivity index (χ2n) is 2.79. The Morgan fingerprint density at radius 1 is 1.43 bits per heavy atom. The monoisotopic (exact) mass is 266 g/mol. The first-order valence-corrected chi connectivity index (χ1v) is 4.42. The van der Waals surface area contributed by atoms with Gasteiger partial charge in [-0.05, 0) is 22.9 Å². The Labute approximate surface area is 87.1 Å². The molecule has 0 amide bonds. The molecule has 0 bridgehead atoms. The third-order valence-corrected chi connectivity index (χ3v) is 2.94. The molecule has 1 aromatic rings. The van der Waals surface area contributed by atoms with E-state index in [0.717, 1.165) is 0 Å². The van der Waals surface area contributed by atoms with E-state index in [2.05, 4.69) is 15.9 Å². The maximum absolute atomic E-state index is 12.5. The first kappa shape index (κ1) is 11.1. The van der Waals surface area contributed by atoms with E-state index in [9.17, 15) is 13.2 Å². The summed E-state index contributed by atoms with van der Waals surface area (Å²) < 4.78 is 39.0. The standard InChI is InChI=1S/C8H6BrF3N2/c1-4-6(8(10,11)12)5(3-13)7(9)14(4)2/h1-2H3. The number of halogens is 4. The van der Waals surface area contributed by atoms with Crippen LogP contribution in [0.2, 0.25) is 0 Å². The minimum absolute atomic E-state index is 0.0286. The maximum atomic E-state index is 12.5. The average Bonchev–Trinajstić information content (AvgIpc) is 2.28. The largest absolute Gasteiger partial charge is 0.419 e. The van der Waals surface area contributed by atoms with E-state index in [1.807, 2.05) is 0 Å². The molecule has 0 aliphatic carbocycles. The quantitative estimate of drug-likeness (QED) is 0.710. The van der Waals surface area contributed by atoms with Crippen molar-refractivity contribution in [3.05, 3.63) is 21.4 Å². The summed E-state index contributed by atoms with van der Waals surface area (Å²) in [6, 6.07) is 1.54. The molecule has 6 heteroatoms. The van der Waals surface area contributed by atoms with E-state index in [-0.39, 0.29) is 15.9 Å². The molecule has 0 N–H and O–H groups in total. The minimum Gasteiger partial charge on any atom is -0.341 e. The van der Waals surface area contributed by atoms with Gasteiger partial charge in [-0.1, -0.05) is 0 Å². The molecule has 76 valence electrons. The highest BCUT2D eigenvalue weighted by molar-refractivity contribution is 9.10. The van der Waals surface area contributed by atoms with Crippen LogP contribution >= 0.6 is 15.9 Å². The smallest absolute Gasteiger partial charge is 0.341 e. The predicted octanol–water partition coefficient (Wildman–Crippen LogP) is 2.99. The van der Waals surface area contributed by atoms with E-state index in [1.165, 1.54) is 18.5 Å². The van der Waals surface area contributed by atoms with Gasteiger partial charge in [-0.2, -0.15) is 18.4 Å². The molecule has 0 atom stereocenters. The van der Waals surface area contributed by atoms with Crippen molar-refractivity contribution in [2.75, 3.05) is 0 Å². The summed E-state index contributed by atoms with van der Waals surface area (Å²) in [5.41, 5.74) is -1.20. The van der Waals surface area contributed by atoms with Gasteiger partial charge in [0.15, 0.2) is 0 Å². The van der Waals surface area contributed by atoms with Crippen LogP contribution in [-0.2, 0) is 13.2 Å². The second kappa shape index (κ2) is 3.31. The SMILES string of the molecule is Cc1c(C(F)(F)F)c(C#N)c(Br)n1C. The van der Waals surface area contributed by atoms with Crippen LogP contribution in [0.15, 0.2) is 4.60 Å². The van der Waals surface area contributed by atoms with Crippen LogP contribution in [0.5, 0.6) is 0 Å². The lowest BCUT2D eigenvalue weighted by Crippen LogP contribution is -2.08. The Morgan fingerprint density at radius 3 is 2.21 bits per heavy atom. The number of aromatic nitrogens is 1. The second-order valence-corrected chi connectivity index (χ2v) is 3.55. The first-order chi connectivity index (χ1) is 6.30. The van der Waals surface area contributed by atoms with Crippen molar-refractivity contribution in [2.24, 2.45) is 7.05 Å². The highest BCUT2D eigenvalue weighted by Crippen LogP contribution is 2.38. The molecule has 0 fully saturated rings. The van der Waals surface area contributed by atoms with Crippen molar-refractivity contribution >= 4 is 15.9 Å². The Kier molecular flexibility index (Phi) is 2.63. The number of alkyl halides is 3. The van der Waals surface area contributed by atoms with Gasteiger partial charge in [-0.15, -0.1) is 0 Å². The normalized spacial score (nSPS) is 11.5. The zero-order valence-corrected chi connectivity index (χ0v) is 8.99. The van der Waals surface area contributed by atoms with Gasteiger partial charge in [0.05, 0.1) is 11.1 Å². The number of hydrogen-bond acceptors (Lipinski definition) is 1. The zero-order valence-electron chi connectivity index (χ0n) is 7.41. The molecule has 0 saturated heterocycles. The molecule has 0 aliphatic rings. The van der Waals surface area contributed by atoms with E-state index in [4.69, 9.17) is 5.26 Å². The van der Waals surface area contributed by atoms with Gasteiger partial charge in [0.25, 0.3) is 0 Å². The number of nitrogens with zero attached hydrogens (tertiary/aromatic N) is 2. The molecule has 1 aromatic heterocycles. The van der Waals surface area contributed by atoms with Crippen LogP contribution in [0.3, 0.4) is 0 Å². The molecule has 14 heavy (non-hydrogen) atoms. The summed E-state index contributed by atoms with van der Waals surface area (Å²) in [5, 5.41) is 8.61. The van der Waals surface area contributed by atoms with Crippen molar-refractivity contribution in [1.82, 2.24) is 4.57 Å². The zero-order chi connectivity index (χ0) is 11.1. The van der Waals surface area contributed by atoms with Gasteiger partial charge in [-0.3, -0.25) is 0 Å². The highest BCUT2D eigenvalue weighted by atomic mass is 79.9. The fourth-order valence-electron chi connectivity index (χ4n) is 1.22. The molecule has 0 aliphatic heterocycles. The van der Waals surface area contributed by atoms with Crippen molar-refractivity contribution in [3.63, 3.8) is 0 Å². The summed E-state index contributed by atoms with van der Waals surface area (Å²) in [6.07, 6.45) is -4.49. The molecule has 1 heterocycles. The average molecular weight is 267 g/mol. The summed E-state index contributed by atoms with van der Waals surface area (Å²) >= 11 is 2.94. The molecular formula is C8H6BrF3N2. The van der Waals surface area contributed by atoms with Gasteiger partial charge in [0.2, 0.25) is 0 Å². The summed E-state index contributed by atoms with van der Waals surface area (Å²) in [6.45, 7) is 1.33. The van der Waals surface area contributed by atoms with Gasteiger partial charge in [-0.25, -0.2) is 0 Å². The fourth-order valence-corrected chi connectivity index (χ4v) is 1.77. The first-order valence-electron chi connectivity index (χ1n) is 3.62. The Bertz CT molecular complexity index is 412. The number of nitriles is 1. The van der Waals surface area contributed by atoms with Crippen molar-refractivity contribution in [2.45, 2.75) is 13.1 Å². The third kappa shape index (κ3) is 1.52. The fraction of sp³-hybridized carbons (Fsp3) is 0.375. The van der Waals surface area contributed by atoms with Gasteiger partial charge < -0.3 is 4.57 Å². The van der Waals surface area contributed by atoms with Crippen LogP contribution in [0.1, 0.15) is 16.8 Å². The lowest BCUT2D eigenvalue weighted by molar-refractivity contribution is -0.138. The lowest BCUT2D eigenvalue weighted by Gasteiger charge is -2.06. The topological polar surface area (TPSA) is 28.7 Å². The number of rotatable bonds is 0. The highest BCUT2D eigenvalue weighted by Gasteiger charge is 2.38. The summed E-state index contributed by atoms with van der Waals surface area (Å²) in [5.74, 6) is 0. The van der Waals surface area contributed by atoms with Gasteiger partial charge >= 0.3 is 6.18 Å². The Morgan fingerprint density at radius 2 is 1.93 bits per heavy atom. The molecular weight excluding hydrogens is 261 g/mol. The molecule has 0 aromatic carbocycles. The molecule has 2 nitrogen and oxygen atoms in total. The van der Waals surface area contributed by atoms with Crippen LogP contribution < -0.4 is 0 Å². The summed E-state index contributed by atoms with van der Waals surface area (Å²) in [7, 11) is 1.47.